The van der Waals surface area contributed by atoms with Gasteiger partial charge in [0.15, 0.2) is 0 Å². The molecule has 4 aliphatic carbocycles. The molecule has 3 aromatic rings. The molecule has 5 nitrogen and oxygen atoms in total. The van der Waals surface area contributed by atoms with E-state index in [0.717, 1.165) is 65.7 Å². The van der Waals surface area contributed by atoms with Gasteiger partial charge in [-0.1, -0.05) is 12.1 Å². The van der Waals surface area contributed by atoms with Crippen LogP contribution in [0.5, 0.6) is 0 Å². The Bertz CT molecular complexity index is 1210. The molecule has 33 heavy (non-hydrogen) atoms. The van der Waals surface area contributed by atoms with Crippen LogP contribution < -0.4 is 5.32 Å². The van der Waals surface area contributed by atoms with Crippen molar-refractivity contribution >= 4 is 17.1 Å². The number of pyridine rings is 1. The first-order valence-corrected chi connectivity index (χ1v) is 12.4. The zero-order chi connectivity index (χ0) is 22.2. The molecule has 1 unspecified atom stereocenters. The standard InChI is InChI=1S/C27H29FN4O/c28-20-4-1-3-19(12-20)24-23-21(22-5-2-7-29-25(22)30-23)6-8-32(24)26(33)31-27-13-16-9-17(14-27)11-18(10-16)15-27/h1-5,7,12,16-18,24H,6,8-11,13-15H2,(H,29,30)(H,31,33). The van der Waals surface area contributed by atoms with Gasteiger partial charge in [0.2, 0.25) is 0 Å². The zero-order valence-corrected chi connectivity index (χ0v) is 18.7. The molecule has 1 atom stereocenters. The monoisotopic (exact) mass is 444 g/mol. The lowest BCUT2D eigenvalue weighted by Crippen LogP contribution is -2.62. The minimum Gasteiger partial charge on any atom is -0.341 e. The fourth-order valence-corrected chi connectivity index (χ4v) is 7.92. The number of carbonyl (C=O) groups excluding carboxylic acids is 1. The molecule has 170 valence electrons. The van der Waals surface area contributed by atoms with Crippen molar-refractivity contribution in [3.8, 4) is 0 Å². The molecule has 0 radical (unpaired) electrons. The fraction of sp³-hybridized carbons (Fsp3) is 0.481. The first kappa shape index (κ1) is 19.6. The van der Waals surface area contributed by atoms with Gasteiger partial charge in [-0.2, -0.15) is 0 Å². The Morgan fingerprint density at radius 1 is 1.09 bits per heavy atom. The van der Waals surface area contributed by atoms with Crippen molar-refractivity contribution in [1.29, 1.82) is 0 Å². The Morgan fingerprint density at radius 2 is 1.85 bits per heavy atom. The number of hydrogen-bond donors (Lipinski definition) is 2. The summed E-state index contributed by atoms with van der Waals surface area (Å²) in [6.45, 7) is 0.605. The van der Waals surface area contributed by atoms with Gasteiger partial charge in [0.1, 0.15) is 11.5 Å². The molecule has 4 saturated carbocycles. The lowest BCUT2D eigenvalue weighted by Gasteiger charge is -2.57. The number of fused-ring (bicyclic) bond motifs is 3. The minimum atomic E-state index is -0.354. The van der Waals surface area contributed by atoms with Crippen LogP contribution in [-0.4, -0.2) is 33.0 Å². The van der Waals surface area contributed by atoms with Crippen LogP contribution in [0.4, 0.5) is 9.18 Å². The molecule has 1 aliphatic heterocycles. The summed E-state index contributed by atoms with van der Waals surface area (Å²) in [5.74, 6) is 2.02. The average molecular weight is 445 g/mol. The second-order valence-corrected chi connectivity index (χ2v) is 10.9. The smallest absolute Gasteiger partial charge is 0.318 e. The molecule has 4 bridgehead atoms. The number of carbonyl (C=O) groups is 1. The van der Waals surface area contributed by atoms with Crippen molar-refractivity contribution in [3.05, 3.63) is 65.2 Å². The highest BCUT2D eigenvalue weighted by Gasteiger charge is 2.52. The highest BCUT2D eigenvalue weighted by Crippen LogP contribution is 2.55. The molecule has 6 heteroatoms. The lowest BCUT2D eigenvalue weighted by molar-refractivity contribution is -0.0163. The molecule has 2 amide bonds. The van der Waals surface area contributed by atoms with Crippen LogP contribution in [-0.2, 0) is 6.42 Å². The van der Waals surface area contributed by atoms with E-state index in [-0.39, 0.29) is 23.4 Å². The number of urea groups is 1. The van der Waals surface area contributed by atoms with Crippen LogP contribution in [0.1, 0.15) is 61.4 Å². The predicted octanol–water partition coefficient (Wildman–Crippen LogP) is 5.33. The Labute approximate surface area is 192 Å². The van der Waals surface area contributed by atoms with E-state index < -0.39 is 0 Å². The first-order chi connectivity index (χ1) is 16.1. The summed E-state index contributed by atoms with van der Waals surface area (Å²) >= 11 is 0. The summed E-state index contributed by atoms with van der Waals surface area (Å²) in [5, 5.41) is 4.63. The molecule has 8 rings (SSSR count). The van der Waals surface area contributed by atoms with Crippen molar-refractivity contribution in [2.75, 3.05) is 6.54 Å². The third kappa shape index (κ3) is 3.10. The van der Waals surface area contributed by atoms with E-state index in [2.05, 4.69) is 21.4 Å². The van der Waals surface area contributed by atoms with Crippen molar-refractivity contribution in [1.82, 2.24) is 20.2 Å². The third-order valence-corrected chi connectivity index (χ3v) is 8.73. The number of aromatic nitrogens is 2. The number of nitrogens with one attached hydrogen (secondary N) is 2. The highest BCUT2D eigenvalue weighted by molar-refractivity contribution is 5.84. The third-order valence-electron chi connectivity index (χ3n) is 8.73. The molecular formula is C27H29FN4O. The quantitative estimate of drug-likeness (QED) is 0.561. The van der Waals surface area contributed by atoms with Crippen molar-refractivity contribution in [2.45, 2.75) is 56.5 Å². The van der Waals surface area contributed by atoms with Crippen LogP contribution >= 0.6 is 0 Å². The van der Waals surface area contributed by atoms with E-state index in [1.165, 1.54) is 30.9 Å². The Kier molecular flexibility index (Phi) is 4.18. The SMILES string of the molecule is O=C(NC12CC3CC(CC(C3)C1)C2)N1CCc2c([nH]c3ncccc23)C1c1cccc(F)c1. The minimum absolute atomic E-state index is 0.0107. The van der Waals surface area contributed by atoms with Crippen LogP contribution in [0.15, 0.2) is 42.6 Å². The maximum Gasteiger partial charge on any atom is 0.318 e. The van der Waals surface area contributed by atoms with E-state index in [1.807, 2.05) is 17.0 Å². The number of amides is 2. The van der Waals surface area contributed by atoms with Crippen molar-refractivity contribution < 1.29 is 9.18 Å². The average Bonchev–Trinajstić information content (AvgIpc) is 3.16. The summed E-state index contributed by atoms with van der Waals surface area (Å²) in [7, 11) is 0. The number of rotatable bonds is 2. The second-order valence-electron chi connectivity index (χ2n) is 10.9. The summed E-state index contributed by atoms with van der Waals surface area (Å²) in [6.07, 6.45) is 9.92. The summed E-state index contributed by atoms with van der Waals surface area (Å²) in [4.78, 5) is 23.8. The van der Waals surface area contributed by atoms with E-state index >= 15 is 0 Å². The van der Waals surface area contributed by atoms with Crippen LogP contribution in [0.25, 0.3) is 11.0 Å². The normalized spacial score (nSPS) is 32.2. The Hall–Kier alpha value is -2.89. The maximum atomic E-state index is 14.3. The van der Waals surface area contributed by atoms with Crippen LogP contribution in [0.3, 0.4) is 0 Å². The number of H-pyrrole nitrogens is 1. The molecule has 4 fully saturated rings. The topological polar surface area (TPSA) is 61.0 Å². The molecule has 0 spiro atoms. The Morgan fingerprint density at radius 3 is 2.58 bits per heavy atom. The molecular weight excluding hydrogens is 415 g/mol. The van der Waals surface area contributed by atoms with Gasteiger partial charge in [0, 0.05) is 29.4 Å². The molecule has 2 aromatic heterocycles. The molecule has 0 saturated heterocycles. The van der Waals surface area contributed by atoms with Crippen LogP contribution in [0.2, 0.25) is 0 Å². The first-order valence-electron chi connectivity index (χ1n) is 12.4. The van der Waals surface area contributed by atoms with Gasteiger partial charge < -0.3 is 15.2 Å². The fourth-order valence-electron chi connectivity index (χ4n) is 7.92. The van der Waals surface area contributed by atoms with Gasteiger partial charge in [0.25, 0.3) is 0 Å². The molecule has 1 aromatic carbocycles. The molecule has 2 N–H and O–H groups in total. The molecule has 3 heterocycles. The van der Waals surface area contributed by atoms with Crippen molar-refractivity contribution in [3.63, 3.8) is 0 Å². The van der Waals surface area contributed by atoms with Crippen LogP contribution in [0, 0.1) is 23.6 Å². The largest absolute Gasteiger partial charge is 0.341 e. The van der Waals surface area contributed by atoms with Crippen molar-refractivity contribution in [2.24, 2.45) is 17.8 Å². The maximum absolute atomic E-state index is 14.3. The zero-order valence-electron chi connectivity index (χ0n) is 18.7. The lowest BCUT2D eigenvalue weighted by atomic mass is 9.53. The van der Waals surface area contributed by atoms with Gasteiger partial charge in [0.05, 0.1) is 6.04 Å². The highest BCUT2D eigenvalue weighted by atomic mass is 19.1. The van der Waals surface area contributed by atoms with Gasteiger partial charge in [-0.15, -0.1) is 0 Å². The predicted molar refractivity (Wildman–Crippen MR) is 124 cm³/mol. The van der Waals surface area contributed by atoms with Gasteiger partial charge in [-0.3, -0.25) is 0 Å². The summed E-state index contributed by atoms with van der Waals surface area (Å²) in [6, 6.07) is 10.3. The number of hydrogen-bond acceptors (Lipinski definition) is 2. The van der Waals surface area contributed by atoms with Gasteiger partial charge in [-0.25, -0.2) is 14.2 Å². The van der Waals surface area contributed by atoms with Gasteiger partial charge >= 0.3 is 6.03 Å². The van der Waals surface area contributed by atoms with E-state index in [1.54, 1.807) is 18.3 Å². The van der Waals surface area contributed by atoms with E-state index in [9.17, 15) is 9.18 Å². The van der Waals surface area contributed by atoms with E-state index in [0.29, 0.717) is 6.54 Å². The summed E-state index contributed by atoms with van der Waals surface area (Å²) < 4.78 is 14.3. The van der Waals surface area contributed by atoms with Gasteiger partial charge in [-0.05, 0) is 98.1 Å². The Balaban J connectivity index is 1.27. The second kappa shape index (κ2) is 7.05. The van der Waals surface area contributed by atoms with E-state index in [4.69, 9.17) is 0 Å². The number of benzene rings is 1. The number of halogens is 1. The number of nitrogens with zero attached hydrogens (tertiary/aromatic N) is 2. The molecule has 5 aliphatic rings. The summed E-state index contributed by atoms with van der Waals surface area (Å²) in [5.41, 5.74) is 3.71. The number of aromatic amines is 1.